The summed E-state index contributed by atoms with van der Waals surface area (Å²) >= 11 is 0. The van der Waals surface area contributed by atoms with E-state index in [0.717, 1.165) is 18.4 Å². The molecule has 4 rings (SSSR count). The summed E-state index contributed by atoms with van der Waals surface area (Å²) < 4.78 is 0. The second-order valence-corrected chi connectivity index (χ2v) is 10.0. The SMILES string of the molecule is C[C@H](O)C(=O)Nc1cccc(CN2C(=O)[C@@](O)([C@@H](C)/C=C/CC(=O)N3CCC[C@H]3CO)c3ccccc32)c1. The second kappa shape index (κ2) is 11.5. The number of aliphatic hydroxyl groups is 3. The molecule has 4 atom stereocenters. The van der Waals surface area contributed by atoms with E-state index in [1.807, 2.05) is 6.07 Å². The Morgan fingerprint density at radius 1 is 1.18 bits per heavy atom. The van der Waals surface area contributed by atoms with Gasteiger partial charge in [0.1, 0.15) is 6.10 Å². The Balaban J connectivity index is 1.51. The number of nitrogens with zero attached hydrogens (tertiary/aromatic N) is 2. The fourth-order valence-corrected chi connectivity index (χ4v) is 5.22. The van der Waals surface area contributed by atoms with Crippen LogP contribution in [0.5, 0.6) is 0 Å². The molecular weight excluding hydrogens is 486 g/mol. The first-order chi connectivity index (χ1) is 18.2. The molecule has 2 aliphatic heterocycles. The molecule has 3 amide bonds. The summed E-state index contributed by atoms with van der Waals surface area (Å²) in [5.41, 5.74) is 0.504. The van der Waals surface area contributed by atoms with Crippen molar-refractivity contribution in [2.45, 2.75) is 57.4 Å². The predicted octanol–water partition coefficient (Wildman–Crippen LogP) is 2.31. The molecule has 1 saturated heterocycles. The predicted molar refractivity (Wildman–Crippen MR) is 143 cm³/mol. The maximum atomic E-state index is 13.7. The minimum atomic E-state index is -1.81. The van der Waals surface area contributed by atoms with Gasteiger partial charge in [-0.15, -0.1) is 0 Å². The van der Waals surface area contributed by atoms with Gasteiger partial charge in [0.2, 0.25) is 5.91 Å². The zero-order chi connectivity index (χ0) is 27.4. The number of rotatable bonds is 9. The van der Waals surface area contributed by atoms with Gasteiger partial charge in [-0.25, -0.2) is 0 Å². The smallest absolute Gasteiger partial charge is 0.264 e. The van der Waals surface area contributed by atoms with Crippen molar-refractivity contribution < 1.29 is 29.7 Å². The third-order valence-electron chi connectivity index (χ3n) is 7.38. The van der Waals surface area contributed by atoms with Crippen molar-refractivity contribution in [2.24, 2.45) is 5.92 Å². The molecule has 0 aliphatic carbocycles. The largest absolute Gasteiger partial charge is 0.394 e. The Morgan fingerprint density at radius 3 is 2.68 bits per heavy atom. The Hall–Kier alpha value is -3.53. The number of aliphatic hydroxyl groups excluding tert-OH is 2. The first kappa shape index (κ1) is 27.5. The average Bonchev–Trinajstić information content (AvgIpc) is 3.47. The highest BCUT2D eigenvalue weighted by Gasteiger charge is 2.52. The minimum absolute atomic E-state index is 0.0530. The first-order valence-corrected chi connectivity index (χ1v) is 13.0. The number of hydrogen-bond donors (Lipinski definition) is 4. The molecule has 0 bridgehead atoms. The highest BCUT2D eigenvalue weighted by Crippen LogP contribution is 2.45. The molecule has 4 N–H and O–H groups in total. The van der Waals surface area contributed by atoms with Crippen LogP contribution in [0.4, 0.5) is 11.4 Å². The van der Waals surface area contributed by atoms with Gasteiger partial charge >= 0.3 is 0 Å². The molecule has 2 aliphatic rings. The lowest BCUT2D eigenvalue weighted by atomic mass is 9.83. The molecule has 9 nitrogen and oxygen atoms in total. The van der Waals surface area contributed by atoms with Gasteiger partial charge in [-0.1, -0.05) is 49.4 Å². The van der Waals surface area contributed by atoms with Crippen molar-refractivity contribution in [2.75, 3.05) is 23.4 Å². The molecule has 0 aromatic heterocycles. The maximum absolute atomic E-state index is 13.7. The minimum Gasteiger partial charge on any atom is -0.394 e. The summed E-state index contributed by atoms with van der Waals surface area (Å²) in [6, 6.07) is 13.9. The highest BCUT2D eigenvalue weighted by molar-refractivity contribution is 6.07. The quantitative estimate of drug-likeness (QED) is 0.375. The van der Waals surface area contributed by atoms with Gasteiger partial charge in [-0.2, -0.15) is 0 Å². The summed E-state index contributed by atoms with van der Waals surface area (Å²) in [6.45, 7) is 3.87. The van der Waals surface area contributed by atoms with Crippen molar-refractivity contribution in [1.82, 2.24) is 4.90 Å². The number of para-hydroxylation sites is 1. The van der Waals surface area contributed by atoms with E-state index in [-0.39, 0.29) is 31.5 Å². The second-order valence-electron chi connectivity index (χ2n) is 10.0. The number of anilines is 2. The van der Waals surface area contributed by atoms with Crippen molar-refractivity contribution in [3.63, 3.8) is 0 Å². The van der Waals surface area contributed by atoms with Crippen LogP contribution in [-0.4, -0.2) is 63.2 Å². The maximum Gasteiger partial charge on any atom is 0.264 e. The molecule has 0 unspecified atom stereocenters. The van der Waals surface area contributed by atoms with E-state index in [2.05, 4.69) is 5.32 Å². The van der Waals surface area contributed by atoms with E-state index in [1.165, 1.54) is 11.8 Å². The summed E-state index contributed by atoms with van der Waals surface area (Å²) in [7, 11) is 0. The van der Waals surface area contributed by atoms with E-state index in [0.29, 0.717) is 23.5 Å². The Bertz CT molecular complexity index is 1230. The molecule has 38 heavy (non-hydrogen) atoms. The number of carbonyl (C=O) groups excluding carboxylic acids is 3. The van der Waals surface area contributed by atoms with E-state index >= 15 is 0 Å². The van der Waals surface area contributed by atoms with Crippen LogP contribution in [0.3, 0.4) is 0 Å². The normalized spacial score (nSPS) is 22.6. The van der Waals surface area contributed by atoms with Gasteiger partial charge in [-0.3, -0.25) is 14.4 Å². The standard InChI is InChI=1S/C29H35N3O6/c1-19(8-5-14-26(35)31-15-7-11-23(31)18-33)29(38)24-12-3-4-13-25(24)32(28(29)37)17-21-9-6-10-22(16-21)30-27(36)20(2)34/h3-6,8-10,12-13,16,19-20,23,33-34,38H,7,11,14-15,17-18H2,1-2H3,(H,30,36)/b8-5+/t19-,20-,23-,29+/m0/s1. The van der Waals surface area contributed by atoms with Crippen molar-refractivity contribution in [3.8, 4) is 0 Å². The number of hydrogen-bond acceptors (Lipinski definition) is 6. The summed E-state index contributed by atoms with van der Waals surface area (Å²) in [4.78, 5) is 41.4. The van der Waals surface area contributed by atoms with Crippen LogP contribution in [-0.2, 0) is 26.5 Å². The lowest BCUT2D eigenvalue weighted by molar-refractivity contribution is -0.139. The molecule has 0 spiro atoms. The van der Waals surface area contributed by atoms with Crippen molar-refractivity contribution >= 4 is 29.1 Å². The monoisotopic (exact) mass is 521 g/mol. The average molecular weight is 522 g/mol. The molecule has 2 aromatic rings. The van der Waals surface area contributed by atoms with E-state index in [1.54, 1.807) is 66.4 Å². The third-order valence-corrected chi connectivity index (χ3v) is 7.38. The number of likely N-dealkylation sites (tertiary alicyclic amines) is 1. The van der Waals surface area contributed by atoms with Gasteiger partial charge in [0.15, 0.2) is 5.60 Å². The van der Waals surface area contributed by atoms with Crippen LogP contribution >= 0.6 is 0 Å². The molecule has 2 aromatic carbocycles. The Labute approximate surface area is 222 Å². The van der Waals surface area contributed by atoms with Crippen LogP contribution in [0.2, 0.25) is 0 Å². The first-order valence-electron chi connectivity index (χ1n) is 13.0. The zero-order valence-electron chi connectivity index (χ0n) is 21.7. The number of fused-ring (bicyclic) bond motifs is 1. The molecule has 2 heterocycles. The van der Waals surface area contributed by atoms with Crippen LogP contribution in [0, 0.1) is 5.92 Å². The molecular formula is C29H35N3O6. The van der Waals surface area contributed by atoms with E-state index in [4.69, 9.17) is 0 Å². The topological polar surface area (TPSA) is 130 Å². The van der Waals surface area contributed by atoms with Crippen molar-refractivity contribution in [3.05, 3.63) is 71.8 Å². The molecule has 202 valence electrons. The van der Waals surface area contributed by atoms with Crippen LogP contribution in [0.1, 0.15) is 44.2 Å². The lowest BCUT2D eigenvalue weighted by Crippen LogP contribution is -2.44. The third kappa shape index (κ3) is 5.36. The number of benzene rings is 2. The van der Waals surface area contributed by atoms with Crippen LogP contribution in [0.15, 0.2) is 60.7 Å². The van der Waals surface area contributed by atoms with Gasteiger partial charge in [0.05, 0.1) is 24.9 Å². The molecule has 0 saturated carbocycles. The number of amides is 3. The molecule has 1 fully saturated rings. The van der Waals surface area contributed by atoms with E-state index in [9.17, 15) is 29.7 Å². The number of nitrogens with one attached hydrogen (secondary N) is 1. The summed E-state index contributed by atoms with van der Waals surface area (Å²) in [5.74, 6) is -1.70. The number of carbonyl (C=O) groups is 3. The zero-order valence-corrected chi connectivity index (χ0v) is 21.7. The van der Waals surface area contributed by atoms with Gasteiger partial charge in [-0.05, 0) is 43.5 Å². The fourth-order valence-electron chi connectivity index (χ4n) is 5.22. The molecule has 0 radical (unpaired) electrons. The van der Waals surface area contributed by atoms with Crippen LogP contribution in [0.25, 0.3) is 0 Å². The van der Waals surface area contributed by atoms with Gasteiger partial charge in [0, 0.05) is 30.1 Å². The highest BCUT2D eigenvalue weighted by atomic mass is 16.3. The van der Waals surface area contributed by atoms with Gasteiger partial charge in [0.25, 0.3) is 11.8 Å². The lowest BCUT2D eigenvalue weighted by Gasteiger charge is -2.28. The van der Waals surface area contributed by atoms with E-state index < -0.39 is 29.4 Å². The fraction of sp³-hybridized carbons (Fsp3) is 0.414. The van der Waals surface area contributed by atoms with Gasteiger partial charge < -0.3 is 30.4 Å². The van der Waals surface area contributed by atoms with Crippen molar-refractivity contribution in [1.29, 1.82) is 0 Å². The Morgan fingerprint density at radius 2 is 1.95 bits per heavy atom. The Kier molecular flexibility index (Phi) is 8.30. The molecule has 9 heteroatoms. The summed E-state index contributed by atoms with van der Waals surface area (Å²) in [5, 5.41) is 33.4. The van der Waals surface area contributed by atoms with Crippen LogP contribution < -0.4 is 10.2 Å². The summed E-state index contributed by atoms with van der Waals surface area (Å²) in [6.07, 6.45) is 4.02.